The molecule has 0 radical (unpaired) electrons. The van der Waals surface area contributed by atoms with Crippen LogP contribution >= 0.6 is 0 Å². The van der Waals surface area contributed by atoms with Crippen molar-refractivity contribution < 1.29 is 14.6 Å². The van der Waals surface area contributed by atoms with Crippen LogP contribution in [-0.4, -0.2) is 23.3 Å². The van der Waals surface area contributed by atoms with E-state index < -0.39 is 11.5 Å². The van der Waals surface area contributed by atoms with Gasteiger partial charge in [-0.15, -0.1) is 0 Å². The molecule has 1 N–H and O–H groups in total. The molecular formula is C12H22O3. The van der Waals surface area contributed by atoms with Crippen molar-refractivity contribution in [1.29, 1.82) is 0 Å². The molecule has 0 aromatic rings. The van der Waals surface area contributed by atoms with Crippen LogP contribution in [0.25, 0.3) is 0 Å². The Balaban J connectivity index is 2.57. The van der Waals surface area contributed by atoms with Crippen LogP contribution in [0.5, 0.6) is 0 Å². The SMILES string of the molecule is CCOC(=O)C(C)C1(O)CCC(C)CC1. The van der Waals surface area contributed by atoms with Gasteiger partial charge in [0.25, 0.3) is 0 Å². The average molecular weight is 214 g/mol. The Morgan fingerprint density at radius 3 is 2.53 bits per heavy atom. The van der Waals surface area contributed by atoms with E-state index in [0.717, 1.165) is 12.8 Å². The molecule has 0 amide bonds. The van der Waals surface area contributed by atoms with Crippen molar-refractivity contribution in [3.05, 3.63) is 0 Å². The predicted octanol–water partition coefficient (Wildman–Crippen LogP) is 2.13. The third-order valence-corrected chi connectivity index (χ3v) is 3.59. The van der Waals surface area contributed by atoms with E-state index in [-0.39, 0.29) is 5.97 Å². The van der Waals surface area contributed by atoms with Gasteiger partial charge >= 0.3 is 5.97 Å². The fourth-order valence-corrected chi connectivity index (χ4v) is 2.18. The molecule has 0 bridgehead atoms. The molecule has 3 heteroatoms. The van der Waals surface area contributed by atoms with E-state index in [1.807, 2.05) is 0 Å². The second kappa shape index (κ2) is 4.97. The molecule has 88 valence electrons. The summed E-state index contributed by atoms with van der Waals surface area (Å²) in [6.07, 6.45) is 3.43. The second-order valence-electron chi connectivity index (χ2n) is 4.76. The van der Waals surface area contributed by atoms with Crippen molar-refractivity contribution in [3.8, 4) is 0 Å². The number of carbonyl (C=O) groups excluding carboxylic acids is 1. The highest BCUT2D eigenvalue weighted by atomic mass is 16.5. The highest BCUT2D eigenvalue weighted by Crippen LogP contribution is 2.37. The van der Waals surface area contributed by atoms with Crippen molar-refractivity contribution in [1.82, 2.24) is 0 Å². The molecular weight excluding hydrogens is 192 g/mol. The largest absolute Gasteiger partial charge is 0.466 e. The lowest BCUT2D eigenvalue weighted by molar-refractivity contribution is -0.160. The summed E-state index contributed by atoms with van der Waals surface area (Å²) >= 11 is 0. The lowest BCUT2D eigenvalue weighted by atomic mass is 9.73. The van der Waals surface area contributed by atoms with Crippen molar-refractivity contribution >= 4 is 5.97 Å². The second-order valence-corrected chi connectivity index (χ2v) is 4.76. The smallest absolute Gasteiger partial charge is 0.311 e. The monoisotopic (exact) mass is 214 g/mol. The minimum absolute atomic E-state index is 0.269. The van der Waals surface area contributed by atoms with Gasteiger partial charge in [-0.2, -0.15) is 0 Å². The maximum Gasteiger partial charge on any atom is 0.311 e. The van der Waals surface area contributed by atoms with Crippen LogP contribution < -0.4 is 0 Å². The summed E-state index contributed by atoms with van der Waals surface area (Å²) < 4.78 is 4.95. The van der Waals surface area contributed by atoms with Crippen LogP contribution in [0.1, 0.15) is 46.5 Å². The van der Waals surface area contributed by atoms with Gasteiger partial charge in [-0.05, 0) is 45.4 Å². The Morgan fingerprint density at radius 2 is 2.07 bits per heavy atom. The van der Waals surface area contributed by atoms with Gasteiger partial charge in [0.2, 0.25) is 0 Å². The van der Waals surface area contributed by atoms with E-state index in [1.165, 1.54) is 0 Å². The molecule has 15 heavy (non-hydrogen) atoms. The molecule has 0 aromatic heterocycles. The quantitative estimate of drug-likeness (QED) is 0.732. The molecule has 1 rings (SSSR count). The molecule has 0 aromatic carbocycles. The van der Waals surface area contributed by atoms with Crippen LogP contribution in [-0.2, 0) is 9.53 Å². The average Bonchev–Trinajstić information content (AvgIpc) is 2.22. The Kier molecular flexibility index (Phi) is 4.14. The molecule has 1 atom stereocenters. The lowest BCUT2D eigenvalue weighted by Gasteiger charge is -2.38. The maximum absolute atomic E-state index is 11.5. The van der Waals surface area contributed by atoms with Gasteiger partial charge in [0, 0.05) is 0 Å². The summed E-state index contributed by atoms with van der Waals surface area (Å²) in [4.78, 5) is 11.5. The van der Waals surface area contributed by atoms with Gasteiger partial charge in [0.15, 0.2) is 0 Å². The Morgan fingerprint density at radius 1 is 1.53 bits per heavy atom. The van der Waals surface area contributed by atoms with E-state index in [1.54, 1.807) is 13.8 Å². The Hall–Kier alpha value is -0.570. The molecule has 0 aliphatic heterocycles. The van der Waals surface area contributed by atoms with Crippen molar-refractivity contribution in [2.75, 3.05) is 6.61 Å². The minimum Gasteiger partial charge on any atom is -0.466 e. The summed E-state index contributed by atoms with van der Waals surface area (Å²) in [6, 6.07) is 0. The first-order chi connectivity index (χ1) is 6.99. The van der Waals surface area contributed by atoms with Crippen LogP contribution in [0.4, 0.5) is 0 Å². The normalized spacial score (nSPS) is 33.5. The molecule has 0 heterocycles. The molecule has 1 unspecified atom stereocenters. The summed E-state index contributed by atoms with van der Waals surface area (Å²) in [6.45, 7) is 6.13. The zero-order valence-electron chi connectivity index (χ0n) is 9.95. The Labute approximate surface area is 91.8 Å². The predicted molar refractivity (Wildman–Crippen MR) is 58.4 cm³/mol. The van der Waals surface area contributed by atoms with Gasteiger partial charge in [0.1, 0.15) is 0 Å². The molecule has 1 fully saturated rings. The van der Waals surface area contributed by atoms with E-state index in [4.69, 9.17) is 4.74 Å². The summed E-state index contributed by atoms with van der Waals surface area (Å²) in [5, 5.41) is 10.4. The van der Waals surface area contributed by atoms with Crippen molar-refractivity contribution in [3.63, 3.8) is 0 Å². The van der Waals surface area contributed by atoms with Crippen LogP contribution in [0.2, 0.25) is 0 Å². The number of hydrogen-bond acceptors (Lipinski definition) is 3. The van der Waals surface area contributed by atoms with Gasteiger partial charge < -0.3 is 9.84 Å². The highest BCUT2D eigenvalue weighted by molar-refractivity contribution is 5.73. The third-order valence-electron chi connectivity index (χ3n) is 3.59. The number of rotatable bonds is 3. The number of carbonyl (C=O) groups is 1. The van der Waals surface area contributed by atoms with Crippen LogP contribution in [0.3, 0.4) is 0 Å². The molecule has 3 nitrogen and oxygen atoms in total. The zero-order chi connectivity index (χ0) is 11.5. The highest BCUT2D eigenvalue weighted by Gasteiger charge is 2.41. The number of esters is 1. The fourth-order valence-electron chi connectivity index (χ4n) is 2.18. The summed E-state index contributed by atoms with van der Waals surface area (Å²) in [7, 11) is 0. The summed E-state index contributed by atoms with van der Waals surface area (Å²) in [5.74, 6) is -0.000765. The fraction of sp³-hybridized carbons (Fsp3) is 0.917. The lowest BCUT2D eigenvalue weighted by Crippen LogP contribution is -2.44. The molecule has 0 saturated heterocycles. The maximum atomic E-state index is 11.5. The van der Waals surface area contributed by atoms with E-state index in [9.17, 15) is 9.90 Å². The Bertz CT molecular complexity index is 217. The number of aliphatic hydroxyl groups is 1. The van der Waals surface area contributed by atoms with Crippen LogP contribution in [0.15, 0.2) is 0 Å². The van der Waals surface area contributed by atoms with Gasteiger partial charge in [0.05, 0.1) is 18.1 Å². The first-order valence-corrected chi connectivity index (χ1v) is 5.88. The van der Waals surface area contributed by atoms with Crippen molar-refractivity contribution in [2.45, 2.75) is 52.1 Å². The van der Waals surface area contributed by atoms with Crippen molar-refractivity contribution in [2.24, 2.45) is 11.8 Å². The molecule has 1 aliphatic rings. The number of hydrogen-bond donors (Lipinski definition) is 1. The molecule has 0 spiro atoms. The molecule has 1 aliphatic carbocycles. The molecule has 1 saturated carbocycles. The standard InChI is InChI=1S/C12H22O3/c1-4-15-11(13)10(3)12(14)7-5-9(2)6-8-12/h9-10,14H,4-8H2,1-3H3. The zero-order valence-corrected chi connectivity index (χ0v) is 9.95. The van der Waals surface area contributed by atoms with E-state index in [0.29, 0.717) is 25.4 Å². The van der Waals surface area contributed by atoms with E-state index >= 15 is 0 Å². The first kappa shape index (κ1) is 12.5. The minimum atomic E-state index is -0.835. The van der Waals surface area contributed by atoms with Gasteiger partial charge in [-0.1, -0.05) is 6.92 Å². The van der Waals surface area contributed by atoms with E-state index in [2.05, 4.69) is 6.92 Å². The first-order valence-electron chi connectivity index (χ1n) is 5.88. The van der Waals surface area contributed by atoms with Crippen LogP contribution in [0, 0.1) is 11.8 Å². The van der Waals surface area contributed by atoms with Gasteiger partial charge in [-0.25, -0.2) is 0 Å². The third kappa shape index (κ3) is 2.94. The number of ether oxygens (including phenoxy) is 1. The summed E-state index contributed by atoms with van der Waals surface area (Å²) in [5.41, 5.74) is -0.835. The van der Waals surface area contributed by atoms with Gasteiger partial charge in [-0.3, -0.25) is 4.79 Å². The topological polar surface area (TPSA) is 46.5 Å².